The lowest BCUT2D eigenvalue weighted by molar-refractivity contribution is -0.0558. The van der Waals surface area contributed by atoms with Crippen molar-refractivity contribution in [3.8, 4) is 11.5 Å². The molecule has 1 aromatic heterocycles. The van der Waals surface area contributed by atoms with E-state index in [0.29, 0.717) is 6.61 Å². The van der Waals surface area contributed by atoms with E-state index in [9.17, 15) is 0 Å². The summed E-state index contributed by atoms with van der Waals surface area (Å²) in [5, 5.41) is 1.25. The summed E-state index contributed by atoms with van der Waals surface area (Å²) < 4.78 is 21.2. The van der Waals surface area contributed by atoms with Crippen molar-refractivity contribution in [1.82, 2.24) is 4.57 Å². The van der Waals surface area contributed by atoms with Crippen molar-refractivity contribution in [2.45, 2.75) is 12.1 Å². The van der Waals surface area contributed by atoms with E-state index in [4.69, 9.17) is 14.2 Å². The number of fused-ring (bicyclic) bond motifs is 3. The van der Waals surface area contributed by atoms with Crippen molar-refractivity contribution in [1.29, 1.82) is 0 Å². The lowest BCUT2D eigenvalue weighted by Crippen LogP contribution is -2.44. The molecule has 0 saturated carbocycles. The maximum absolute atomic E-state index is 6.71. The van der Waals surface area contributed by atoms with Crippen LogP contribution in [0.15, 0.2) is 72.8 Å². The van der Waals surface area contributed by atoms with Gasteiger partial charge in [-0.25, -0.2) is 0 Å². The van der Waals surface area contributed by atoms with Crippen molar-refractivity contribution in [3.63, 3.8) is 0 Å². The number of halogens is 1. The van der Waals surface area contributed by atoms with Crippen molar-refractivity contribution in [3.05, 3.63) is 93.2 Å². The third-order valence-corrected chi connectivity index (χ3v) is 7.04. The van der Waals surface area contributed by atoms with Crippen LogP contribution in [0.4, 0.5) is 0 Å². The molecule has 0 spiro atoms. The summed E-state index contributed by atoms with van der Waals surface area (Å²) in [7, 11) is 3.37. The molecule has 0 bridgehead atoms. The third kappa shape index (κ3) is 2.83. The minimum atomic E-state index is -0.769. The molecule has 0 atom stereocenters. The molecule has 30 heavy (non-hydrogen) atoms. The fourth-order valence-electron chi connectivity index (χ4n) is 4.42. The number of hydrogen-bond acceptors (Lipinski definition) is 3. The Hall–Kier alpha value is -2.51. The number of hydrogen-bond donors (Lipinski definition) is 0. The number of rotatable bonds is 4. The zero-order chi connectivity index (χ0) is 20.7. The molecule has 0 amide bonds. The SMILES string of the molecule is COc1ccc(C2(c3ccc(OC)cc3)OCCc3c(I)c4ccccc4n32)cc1. The maximum atomic E-state index is 6.71. The monoisotopic (exact) mass is 511 g/mol. The van der Waals surface area contributed by atoms with Crippen LogP contribution in [0.1, 0.15) is 16.8 Å². The first-order valence-electron chi connectivity index (χ1n) is 9.90. The number of nitrogens with zero attached hydrogens (tertiary/aromatic N) is 1. The number of ether oxygens (including phenoxy) is 3. The van der Waals surface area contributed by atoms with E-state index in [-0.39, 0.29) is 0 Å². The molecular formula is C25H22INO3. The fraction of sp³-hybridized carbons (Fsp3) is 0.200. The molecule has 0 aliphatic carbocycles. The van der Waals surface area contributed by atoms with Crippen LogP contribution < -0.4 is 9.47 Å². The van der Waals surface area contributed by atoms with Crippen molar-refractivity contribution in [2.75, 3.05) is 20.8 Å². The van der Waals surface area contributed by atoms with E-state index < -0.39 is 5.72 Å². The van der Waals surface area contributed by atoms with Crippen LogP contribution in [0.5, 0.6) is 11.5 Å². The van der Waals surface area contributed by atoms with Crippen LogP contribution >= 0.6 is 22.6 Å². The van der Waals surface area contributed by atoms with Crippen LogP contribution in [0.25, 0.3) is 10.9 Å². The first-order valence-corrected chi connectivity index (χ1v) is 11.0. The Balaban J connectivity index is 1.85. The van der Waals surface area contributed by atoms with Gasteiger partial charge in [0, 0.05) is 32.2 Å². The highest BCUT2D eigenvalue weighted by molar-refractivity contribution is 14.1. The summed E-state index contributed by atoms with van der Waals surface area (Å²) in [5.74, 6) is 1.65. The van der Waals surface area contributed by atoms with Crippen LogP contribution in [0.3, 0.4) is 0 Å². The molecule has 4 aromatic rings. The largest absolute Gasteiger partial charge is 0.497 e. The Labute approximate surface area is 189 Å². The van der Waals surface area contributed by atoms with E-state index >= 15 is 0 Å². The maximum Gasteiger partial charge on any atom is 0.197 e. The van der Waals surface area contributed by atoms with Crippen molar-refractivity contribution < 1.29 is 14.2 Å². The molecule has 0 fully saturated rings. The summed E-state index contributed by atoms with van der Waals surface area (Å²) in [4.78, 5) is 0. The molecule has 152 valence electrons. The molecule has 3 aromatic carbocycles. The zero-order valence-electron chi connectivity index (χ0n) is 16.9. The lowest BCUT2D eigenvalue weighted by Gasteiger charge is -2.41. The Bertz CT molecular complexity index is 1150. The number of aromatic nitrogens is 1. The highest BCUT2D eigenvalue weighted by Crippen LogP contribution is 2.45. The van der Waals surface area contributed by atoms with Gasteiger partial charge in [-0.15, -0.1) is 0 Å². The predicted octanol–water partition coefficient (Wildman–Crippen LogP) is 5.59. The number of methoxy groups -OCH3 is 2. The third-order valence-electron chi connectivity index (χ3n) is 5.83. The molecule has 1 aliphatic heterocycles. The van der Waals surface area contributed by atoms with Gasteiger partial charge in [-0.2, -0.15) is 0 Å². The Morgan fingerprint density at radius 2 is 1.40 bits per heavy atom. The molecule has 5 heteroatoms. The van der Waals surface area contributed by atoms with Gasteiger partial charge < -0.3 is 18.8 Å². The average Bonchev–Trinajstić information content (AvgIpc) is 3.12. The Kier molecular flexibility index (Phi) is 4.95. The standard InChI is InChI=1S/C25H22INO3/c1-28-19-11-7-17(8-12-19)25(18-9-13-20(29-2)14-10-18)27-22-6-4-3-5-21(22)24(26)23(27)15-16-30-25/h3-14H,15-16H2,1-2H3. The molecule has 1 aliphatic rings. The van der Waals surface area contributed by atoms with E-state index in [1.807, 2.05) is 24.3 Å². The smallest absolute Gasteiger partial charge is 0.197 e. The second-order valence-electron chi connectivity index (χ2n) is 7.31. The second-order valence-corrected chi connectivity index (χ2v) is 8.39. The van der Waals surface area contributed by atoms with Crippen LogP contribution in [0, 0.1) is 3.57 Å². The predicted molar refractivity (Wildman–Crippen MR) is 126 cm³/mol. The fourth-order valence-corrected chi connectivity index (χ4v) is 5.39. The first kappa shape index (κ1) is 19.5. The number of para-hydroxylation sites is 1. The Morgan fingerprint density at radius 3 is 1.97 bits per heavy atom. The van der Waals surface area contributed by atoms with Gasteiger partial charge in [0.05, 0.1) is 26.3 Å². The molecule has 0 unspecified atom stereocenters. The molecule has 0 N–H and O–H groups in total. The minimum absolute atomic E-state index is 0.643. The average molecular weight is 511 g/mol. The highest BCUT2D eigenvalue weighted by atomic mass is 127. The van der Waals surface area contributed by atoms with Gasteiger partial charge >= 0.3 is 0 Å². The van der Waals surface area contributed by atoms with Gasteiger partial charge in [0.1, 0.15) is 11.5 Å². The second kappa shape index (κ2) is 7.63. The first-order chi connectivity index (χ1) is 14.7. The van der Waals surface area contributed by atoms with Gasteiger partial charge in [0.15, 0.2) is 5.72 Å². The van der Waals surface area contributed by atoms with Gasteiger partial charge in [-0.3, -0.25) is 0 Å². The van der Waals surface area contributed by atoms with Gasteiger partial charge in [0.2, 0.25) is 0 Å². The van der Waals surface area contributed by atoms with Crippen molar-refractivity contribution in [2.24, 2.45) is 0 Å². The lowest BCUT2D eigenvalue weighted by atomic mass is 9.91. The summed E-state index contributed by atoms with van der Waals surface area (Å²) in [5.41, 5.74) is 3.82. The molecule has 4 nitrogen and oxygen atoms in total. The number of benzene rings is 3. The van der Waals surface area contributed by atoms with Crippen LogP contribution in [0.2, 0.25) is 0 Å². The molecule has 5 rings (SSSR count). The van der Waals surface area contributed by atoms with Crippen molar-refractivity contribution >= 4 is 33.5 Å². The van der Waals surface area contributed by atoms with E-state index in [1.165, 1.54) is 20.2 Å². The summed E-state index contributed by atoms with van der Waals surface area (Å²) in [6, 6.07) is 24.9. The minimum Gasteiger partial charge on any atom is -0.497 e. The molecular weight excluding hydrogens is 489 g/mol. The summed E-state index contributed by atoms with van der Waals surface area (Å²) >= 11 is 2.48. The highest BCUT2D eigenvalue weighted by Gasteiger charge is 2.43. The van der Waals surface area contributed by atoms with Gasteiger partial charge in [0.25, 0.3) is 0 Å². The summed E-state index contributed by atoms with van der Waals surface area (Å²) in [6.07, 6.45) is 0.876. The van der Waals surface area contributed by atoms with Gasteiger partial charge in [-0.05, 0) is 52.9 Å². The molecule has 2 heterocycles. The van der Waals surface area contributed by atoms with Crippen LogP contribution in [-0.2, 0) is 16.9 Å². The van der Waals surface area contributed by atoms with E-state index in [0.717, 1.165) is 29.0 Å². The van der Waals surface area contributed by atoms with Gasteiger partial charge in [-0.1, -0.05) is 42.5 Å². The van der Waals surface area contributed by atoms with E-state index in [2.05, 4.69) is 75.7 Å². The molecule has 0 radical (unpaired) electrons. The normalized spacial score (nSPS) is 15.0. The Morgan fingerprint density at radius 1 is 0.833 bits per heavy atom. The topological polar surface area (TPSA) is 32.6 Å². The zero-order valence-corrected chi connectivity index (χ0v) is 19.0. The quantitative estimate of drug-likeness (QED) is 0.335. The van der Waals surface area contributed by atoms with Crippen LogP contribution in [-0.4, -0.2) is 25.4 Å². The molecule has 0 saturated heterocycles. The van der Waals surface area contributed by atoms with E-state index in [1.54, 1.807) is 14.2 Å². The summed E-state index contributed by atoms with van der Waals surface area (Å²) in [6.45, 7) is 0.643.